The van der Waals surface area contributed by atoms with Crippen molar-refractivity contribution in [3.8, 4) is 17.3 Å². The minimum absolute atomic E-state index is 0.454. The van der Waals surface area contributed by atoms with Gasteiger partial charge in [0.2, 0.25) is 0 Å². The maximum atomic E-state index is 8.81. The third-order valence-corrected chi connectivity index (χ3v) is 2.87. The van der Waals surface area contributed by atoms with Gasteiger partial charge in [0.15, 0.2) is 5.69 Å². The number of rotatable bonds is 2. The molecule has 0 N–H and O–H groups in total. The van der Waals surface area contributed by atoms with E-state index in [4.69, 9.17) is 5.26 Å². The monoisotopic (exact) mass is 225 g/mol. The first-order chi connectivity index (χ1) is 8.11. The molecule has 0 unspecified atom stereocenters. The van der Waals surface area contributed by atoms with Crippen LogP contribution in [-0.4, -0.2) is 9.78 Å². The Kier molecular flexibility index (Phi) is 2.97. The number of aromatic nitrogens is 2. The Hall–Kier alpha value is -2.08. The Morgan fingerprint density at radius 2 is 1.88 bits per heavy atom. The number of nitrogens with zero attached hydrogens (tertiary/aromatic N) is 3. The third-order valence-electron chi connectivity index (χ3n) is 2.87. The van der Waals surface area contributed by atoms with Crippen molar-refractivity contribution >= 4 is 0 Å². The maximum Gasteiger partial charge on any atom is 0.163 e. The average molecular weight is 225 g/mol. The van der Waals surface area contributed by atoms with Gasteiger partial charge in [-0.3, -0.25) is 4.68 Å². The van der Waals surface area contributed by atoms with Crippen LogP contribution in [0.15, 0.2) is 30.3 Å². The number of hydrogen-bond acceptors (Lipinski definition) is 2. The van der Waals surface area contributed by atoms with Crippen LogP contribution in [0, 0.1) is 11.3 Å². The Bertz CT molecular complexity index is 556. The van der Waals surface area contributed by atoms with Gasteiger partial charge in [-0.2, -0.15) is 10.4 Å². The molecule has 0 aliphatic heterocycles. The lowest BCUT2D eigenvalue weighted by Gasteiger charge is -2.06. The highest BCUT2D eigenvalue weighted by Crippen LogP contribution is 2.22. The predicted octanol–water partition coefficient (Wildman–Crippen LogP) is 3.08. The molecule has 17 heavy (non-hydrogen) atoms. The Morgan fingerprint density at radius 1 is 1.24 bits per heavy atom. The summed E-state index contributed by atoms with van der Waals surface area (Å²) in [6.45, 7) is 4.35. The van der Waals surface area contributed by atoms with E-state index in [0.29, 0.717) is 11.6 Å². The SMILES string of the molecule is CC(C)c1ccc(-c2cc(C#N)nn2C)cc1. The van der Waals surface area contributed by atoms with Crippen LogP contribution in [0.25, 0.3) is 11.3 Å². The van der Waals surface area contributed by atoms with Crippen LogP contribution >= 0.6 is 0 Å². The van der Waals surface area contributed by atoms with Crippen molar-refractivity contribution in [2.45, 2.75) is 19.8 Å². The van der Waals surface area contributed by atoms with Gasteiger partial charge in [0.1, 0.15) is 6.07 Å². The molecule has 1 heterocycles. The molecule has 0 atom stereocenters. The van der Waals surface area contributed by atoms with Crippen LogP contribution in [-0.2, 0) is 7.05 Å². The van der Waals surface area contributed by atoms with Crippen molar-refractivity contribution in [2.24, 2.45) is 7.05 Å². The standard InChI is InChI=1S/C14H15N3/c1-10(2)11-4-6-12(7-5-11)14-8-13(9-15)16-17(14)3/h4-8,10H,1-3H3. The fourth-order valence-corrected chi connectivity index (χ4v) is 1.83. The topological polar surface area (TPSA) is 41.6 Å². The smallest absolute Gasteiger partial charge is 0.163 e. The van der Waals surface area contributed by atoms with E-state index in [9.17, 15) is 0 Å². The molecule has 0 radical (unpaired) electrons. The molecule has 0 aliphatic rings. The fraction of sp³-hybridized carbons (Fsp3) is 0.286. The molecule has 1 aromatic heterocycles. The Balaban J connectivity index is 2.40. The zero-order chi connectivity index (χ0) is 12.4. The zero-order valence-corrected chi connectivity index (χ0v) is 10.3. The number of benzene rings is 1. The molecule has 0 saturated carbocycles. The first-order valence-electron chi connectivity index (χ1n) is 5.66. The molecule has 3 heteroatoms. The molecular formula is C14H15N3. The summed E-state index contributed by atoms with van der Waals surface area (Å²) in [4.78, 5) is 0. The van der Waals surface area contributed by atoms with E-state index in [0.717, 1.165) is 11.3 Å². The summed E-state index contributed by atoms with van der Waals surface area (Å²) in [7, 11) is 1.85. The van der Waals surface area contributed by atoms with E-state index in [1.165, 1.54) is 5.56 Å². The lowest BCUT2D eigenvalue weighted by atomic mass is 10.0. The van der Waals surface area contributed by atoms with E-state index in [-0.39, 0.29) is 0 Å². The number of hydrogen-bond donors (Lipinski definition) is 0. The molecule has 0 amide bonds. The van der Waals surface area contributed by atoms with E-state index in [1.54, 1.807) is 4.68 Å². The summed E-state index contributed by atoms with van der Waals surface area (Å²) in [5.74, 6) is 0.533. The van der Waals surface area contributed by atoms with Gasteiger partial charge in [-0.05, 0) is 17.0 Å². The van der Waals surface area contributed by atoms with Crippen molar-refractivity contribution in [3.05, 3.63) is 41.6 Å². The van der Waals surface area contributed by atoms with Gasteiger partial charge in [0, 0.05) is 13.1 Å². The quantitative estimate of drug-likeness (QED) is 0.788. The summed E-state index contributed by atoms with van der Waals surface area (Å²) in [6, 6.07) is 12.3. The van der Waals surface area contributed by atoms with Gasteiger partial charge < -0.3 is 0 Å². The molecule has 0 saturated heterocycles. The van der Waals surface area contributed by atoms with Crippen LogP contribution in [0.4, 0.5) is 0 Å². The maximum absolute atomic E-state index is 8.81. The summed E-state index contributed by atoms with van der Waals surface area (Å²) in [5.41, 5.74) is 3.83. The highest BCUT2D eigenvalue weighted by atomic mass is 15.3. The van der Waals surface area contributed by atoms with Gasteiger partial charge >= 0.3 is 0 Å². The minimum Gasteiger partial charge on any atom is -0.267 e. The molecule has 3 nitrogen and oxygen atoms in total. The summed E-state index contributed by atoms with van der Waals surface area (Å²) >= 11 is 0. The van der Waals surface area contributed by atoms with Crippen LogP contribution in [0.1, 0.15) is 31.0 Å². The van der Waals surface area contributed by atoms with Crippen LogP contribution in [0.2, 0.25) is 0 Å². The van der Waals surface area contributed by atoms with E-state index >= 15 is 0 Å². The van der Waals surface area contributed by atoms with E-state index in [2.05, 4.69) is 49.3 Å². The largest absolute Gasteiger partial charge is 0.267 e. The van der Waals surface area contributed by atoms with Crippen LogP contribution < -0.4 is 0 Å². The Labute approximate surface area is 101 Å². The molecule has 2 rings (SSSR count). The first-order valence-corrected chi connectivity index (χ1v) is 5.66. The third kappa shape index (κ3) is 2.21. The van der Waals surface area contributed by atoms with Gasteiger partial charge in [-0.1, -0.05) is 38.1 Å². The normalized spacial score (nSPS) is 10.5. The van der Waals surface area contributed by atoms with E-state index in [1.807, 2.05) is 13.1 Å². The highest BCUT2D eigenvalue weighted by Gasteiger charge is 2.07. The molecule has 0 spiro atoms. The first kappa shape index (κ1) is 11.4. The van der Waals surface area contributed by atoms with Crippen molar-refractivity contribution < 1.29 is 0 Å². The molecule has 0 aliphatic carbocycles. The predicted molar refractivity (Wildman–Crippen MR) is 67.4 cm³/mol. The summed E-state index contributed by atoms with van der Waals surface area (Å²) in [6.07, 6.45) is 0. The van der Waals surface area contributed by atoms with Gasteiger partial charge in [-0.25, -0.2) is 0 Å². The number of aryl methyl sites for hydroxylation is 1. The second kappa shape index (κ2) is 4.42. The van der Waals surface area contributed by atoms with Crippen molar-refractivity contribution in [1.29, 1.82) is 5.26 Å². The minimum atomic E-state index is 0.454. The second-order valence-corrected chi connectivity index (χ2v) is 4.43. The molecule has 0 bridgehead atoms. The van der Waals surface area contributed by atoms with Gasteiger partial charge in [-0.15, -0.1) is 0 Å². The van der Waals surface area contributed by atoms with Crippen molar-refractivity contribution in [2.75, 3.05) is 0 Å². The highest BCUT2D eigenvalue weighted by molar-refractivity contribution is 5.61. The molecule has 1 aromatic carbocycles. The van der Waals surface area contributed by atoms with Gasteiger partial charge in [0.05, 0.1) is 5.69 Å². The van der Waals surface area contributed by atoms with Crippen LogP contribution in [0.3, 0.4) is 0 Å². The average Bonchev–Trinajstić information content (AvgIpc) is 2.71. The van der Waals surface area contributed by atoms with Crippen molar-refractivity contribution in [1.82, 2.24) is 9.78 Å². The summed E-state index contributed by atoms with van der Waals surface area (Å²) < 4.78 is 1.74. The zero-order valence-electron chi connectivity index (χ0n) is 10.3. The summed E-state index contributed by atoms with van der Waals surface area (Å²) in [5, 5.41) is 12.9. The van der Waals surface area contributed by atoms with Crippen molar-refractivity contribution in [3.63, 3.8) is 0 Å². The lowest BCUT2D eigenvalue weighted by Crippen LogP contribution is -1.94. The fourth-order valence-electron chi connectivity index (χ4n) is 1.83. The Morgan fingerprint density at radius 3 is 2.35 bits per heavy atom. The molecule has 2 aromatic rings. The molecule has 86 valence electrons. The van der Waals surface area contributed by atoms with Crippen LogP contribution in [0.5, 0.6) is 0 Å². The van der Waals surface area contributed by atoms with Gasteiger partial charge in [0.25, 0.3) is 0 Å². The number of nitriles is 1. The van der Waals surface area contributed by atoms with E-state index < -0.39 is 0 Å². The molecular weight excluding hydrogens is 210 g/mol. The second-order valence-electron chi connectivity index (χ2n) is 4.43. The molecule has 0 fully saturated rings. The lowest BCUT2D eigenvalue weighted by molar-refractivity contribution is 0.771.